The van der Waals surface area contributed by atoms with Crippen LogP contribution in [-0.4, -0.2) is 13.4 Å². The van der Waals surface area contributed by atoms with Crippen molar-refractivity contribution in [3.63, 3.8) is 0 Å². The quantitative estimate of drug-likeness (QED) is 0.784. The second kappa shape index (κ2) is 4.12. The molecule has 0 fully saturated rings. The zero-order chi connectivity index (χ0) is 12.8. The highest BCUT2D eigenvalue weighted by Gasteiger charge is 2.23. The van der Waals surface area contributed by atoms with Crippen LogP contribution in [0.5, 0.6) is 0 Å². The standard InChI is InChI=1S/C12H8ClNO2S2/c13-11-5-6-12(17-11)18(15,16)10-7-14-9-4-2-1-3-8(9)10/h1-7,14H. The van der Waals surface area contributed by atoms with Crippen molar-refractivity contribution in [1.82, 2.24) is 4.98 Å². The summed E-state index contributed by atoms with van der Waals surface area (Å²) in [6.45, 7) is 0. The lowest BCUT2D eigenvalue weighted by molar-refractivity contribution is 0.599. The van der Waals surface area contributed by atoms with Crippen molar-refractivity contribution in [1.29, 1.82) is 0 Å². The summed E-state index contributed by atoms with van der Waals surface area (Å²) in [5, 5.41) is 0.696. The Kier molecular flexibility index (Phi) is 2.69. The van der Waals surface area contributed by atoms with Gasteiger partial charge in [0, 0.05) is 17.1 Å². The molecule has 0 saturated heterocycles. The van der Waals surface area contributed by atoms with Crippen LogP contribution in [0.4, 0.5) is 0 Å². The van der Waals surface area contributed by atoms with Crippen LogP contribution in [0.2, 0.25) is 4.34 Å². The molecule has 0 unspecified atom stereocenters. The van der Waals surface area contributed by atoms with Gasteiger partial charge >= 0.3 is 0 Å². The average Bonchev–Trinajstić information content (AvgIpc) is 2.95. The van der Waals surface area contributed by atoms with Crippen LogP contribution in [0, 0.1) is 0 Å². The van der Waals surface area contributed by atoms with Gasteiger partial charge in [0.15, 0.2) is 0 Å². The molecule has 6 heteroatoms. The van der Waals surface area contributed by atoms with Crippen molar-refractivity contribution in [2.45, 2.75) is 9.10 Å². The smallest absolute Gasteiger partial charge is 0.218 e. The fourth-order valence-electron chi connectivity index (χ4n) is 1.82. The van der Waals surface area contributed by atoms with Gasteiger partial charge in [-0.3, -0.25) is 0 Å². The first kappa shape index (κ1) is 11.8. The molecule has 0 aliphatic rings. The van der Waals surface area contributed by atoms with Gasteiger partial charge in [-0.25, -0.2) is 8.42 Å². The molecule has 3 rings (SSSR count). The Morgan fingerprint density at radius 3 is 2.61 bits per heavy atom. The summed E-state index contributed by atoms with van der Waals surface area (Å²) < 4.78 is 25.6. The van der Waals surface area contributed by atoms with Crippen molar-refractivity contribution in [3.05, 3.63) is 46.9 Å². The van der Waals surface area contributed by atoms with Crippen molar-refractivity contribution < 1.29 is 8.42 Å². The second-order valence-corrected chi connectivity index (χ2v) is 7.62. The highest BCUT2D eigenvalue weighted by molar-refractivity contribution is 7.93. The van der Waals surface area contributed by atoms with Crippen LogP contribution < -0.4 is 0 Å². The highest BCUT2D eigenvalue weighted by atomic mass is 35.5. The number of aromatic nitrogens is 1. The molecule has 0 atom stereocenters. The molecule has 0 amide bonds. The number of para-hydroxylation sites is 1. The van der Waals surface area contributed by atoms with Gasteiger partial charge < -0.3 is 4.98 Å². The monoisotopic (exact) mass is 297 g/mol. The average molecular weight is 298 g/mol. The molecule has 0 aliphatic carbocycles. The number of halogens is 1. The Balaban J connectivity index is 2.26. The molecule has 0 bridgehead atoms. The molecule has 2 aromatic heterocycles. The van der Waals surface area contributed by atoms with Crippen LogP contribution in [0.1, 0.15) is 0 Å². The molecule has 3 nitrogen and oxygen atoms in total. The summed E-state index contributed by atoms with van der Waals surface area (Å²) in [4.78, 5) is 3.25. The molecule has 0 spiro atoms. The third kappa shape index (κ3) is 1.75. The van der Waals surface area contributed by atoms with E-state index in [0.29, 0.717) is 9.72 Å². The maximum Gasteiger partial charge on any atom is 0.218 e. The first-order valence-electron chi connectivity index (χ1n) is 5.15. The number of sulfone groups is 1. The normalized spacial score (nSPS) is 12.1. The number of fused-ring (bicyclic) bond motifs is 1. The predicted molar refractivity (Wildman–Crippen MR) is 73.1 cm³/mol. The van der Waals surface area contributed by atoms with Gasteiger partial charge in [-0.1, -0.05) is 29.8 Å². The first-order chi connectivity index (χ1) is 8.59. The molecule has 18 heavy (non-hydrogen) atoms. The maximum absolute atomic E-state index is 12.5. The SMILES string of the molecule is O=S(=O)(c1ccc(Cl)s1)c1c[nH]c2ccccc12. The van der Waals surface area contributed by atoms with E-state index in [2.05, 4.69) is 4.98 Å². The topological polar surface area (TPSA) is 49.9 Å². The number of aromatic amines is 1. The number of thiophene rings is 1. The number of hydrogen-bond acceptors (Lipinski definition) is 3. The fraction of sp³-hybridized carbons (Fsp3) is 0. The van der Waals surface area contributed by atoms with E-state index in [1.807, 2.05) is 18.2 Å². The second-order valence-electron chi connectivity index (χ2n) is 3.76. The third-order valence-corrected chi connectivity index (χ3v) is 6.17. The van der Waals surface area contributed by atoms with Gasteiger partial charge in [-0.05, 0) is 18.2 Å². The van der Waals surface area contributed by atoms with E-state index in [9.17, 15) is 8.42 Å². The van der Waals surface area contributed by atoms with Crippen LogP contribution in [-0.2, 0) is 9.84 Å². The lowest BCUT2D eigenvalue weighted by Gasteiger charge is -1.99. The Morgan fingerprint density at radius 1 is 1.11 bits per heavy atom. The molecule has 0 radical (unpaired) electrons. The fourth-order valence-corrected chi connectivity index (χ4v) is 4.85. The predicted octanol–water partition coefficient (Wildman–Crippen LogP) is 3.72. The van der Waals surface area contributed by atoms with Crippen LogP contribution in [0.3, 0.4) is 0 Å². The van der Waals surface area contributed by atoms with E-state index in [0.717, 1.165) is 16.9 Å². The number of benzene rings is 1. The summed E-state index contributed by atoms with van der Waals surface area (Å²) >= 11 is 6.86. The highest BCUT2D eigenvalue weighted by Crippen LogP contribution is 2.33. The van der Waals surface area contributed by atoms with E-state index in [1.165, 1.54) is 12.3 Å². The van der Waals surface area contributed by atoms with E-state index < -0.39 is 9.84 Å². The number of hydrogen-bond donors (Lipinski definition) is 1. The van der Waals surface area contributed by atoms with E-state index in [4.69, 9.17) is 11.6 Å². The van der Waals surface area contributed by atoms with Gasteiger partial charge in [0.25, 0.3) is 0 Å². The summed E-state index contributed by atoms with van der Waals surface area (Å²) in [6, 6.07) is 10.4. The minimum Gasteiger partial charge on any atom is -0.360 e. The Morgan fingerprint density at radius 2 is 1.89 bits per heavy atom. The number of rotatable bonds is 2. The molecule has 3 aromatic rings. The van der Waals surface area contributed by atoms with Crippen molar-refractivity contribution in [2.75, 3.05) is 0 Å². The Bertz CT molecular complexity index is 817. The van der Waals surface area contributed by atoms with Gasteiger partial charge in [0.05, 0.1) is 9.23 Å². The first-order valence-corrected chi connectivity index (χ1v) is 7.83. The van der Waals surface area contributed by atoms with E-state index in [-0.39, 0.29) is 9.10 Å². The minimum atomic E-state index is -3.50. The van der Waals surface area contributed by atoms with Crippen LogP contribution in [0.15, 0.2) is 51.7 Å². The molecule has 92 valence electrons. The van der Waals surface area contributed by atoms with Crippen LogP contribution >= 0.6 is 22.9 Å². The summed E-state index contributed by atoms with van der Waals surface area (Å²) in [5.74, 6) is 0. The van der Waals surface area contributed by atoms with Gasteiger partial charge in [-0.15, -0.1) is 11.3 Å². The largest absolute Gasteiger partial charge is 0.360 e. The number of nitrogens with one attached hydrogen (secondary N) is 1. The number of H-pyrrole nitrogens is 1. The summed E-state index contributed by atoms with van der Waals surface area (Å²) in [7, 11) is -3.50. The van der Waals surface area contributed by atoms with Gasteiger partial charge in [0.2, 0.25) is 9.84 Å². The maximum atomic E-state index is 12.5. The third-order valence-electron chi connectivity index (χ3n) is 2.65. The van der Waals surface area contributed by atoms with Gasteiger partial charge in [0.1, 0.15) is 4.21 Å². The molecule has 0 saturated carbocycles. The summed E-state index contributed by atoms with van der Waals surface area (Å²) in [6.07, 6.45) is 1.52. The zero-order valence-corrected chi connectivity index (χ0v) is 11.4. The van der Waals surface area contributed by atoms with Crippen molar-refractivity contribution in [3.8, 4) is 0 Å². The zero-order valence-electron chi connectivity index (χ0n) is 9.05. The molecule has 2 heterocycles. The lowest BCUT2D eigenvalue weighted by atomic mass is 10.2. The Hall–Kier alpha value is -1.30. The molecule has 1 aromatic carbocycles. The molecular weight excluding hydrogens is 290 g/mol. The molecular formula is C12H8ClNO2S2. The van der Waals surface area contributed by atoms with E-state index >= 15 is 0 Å². The Labute approximate surface area is 113 Å². The minimum absolute atomic E-state index is 0.261. The molecule has 1 N–H and O–H groups in total. The molecule has 0 aliphatic heterocycles. The van der Waals surface area contributed by atoms with Gasteiger partial charge in [-0.2, -0.15) is 0 Å². The lowest BCUT2D eigenvalue weighted by Crippen LogP contribution is -1.98. The van der Waals surface area contributed by atoms with E-state index in [1.54, 1.807) is 12.1 Å². The van der Waals surface area contributed by atoms with Crippen molar-refractivity contribution in [2.24, 2.45) is 0 Å². The summed E-state index contributed by atoms with van der Waals surface area (Å²) in [5.41, 5.74) is 0.804. The van der Waals surface area contributed by atoms with Crippen molar-refractivity contribution >= 4 is 43.7 Å². The van der Waals surface area contributed by atoms with Crippen LogP contribution in [0.25, 0.3) is 10.9 Å².